The molecule has 8 nitrogen and oxygen atoms in total. The van der Waals surface area contributed by atoms with Gasteiger partial charge in [0.05, 0.1) is 19.5 Å². The van der Waals surface area contributed by atoms with E-state index in [2.05, 4.69) is 15.2 Å². The van der Waals surface area contributed by atoms with Gasteiger partial charge in [-0.2, -0.15) is 0 Å². The van der Waals surface area contributed by atoms with Crippen LogP contribution in [-0.4, -0.2) is 89.3 Å². The molecule has 168 valence electrons. The van der Waals surface area contributed by atoms with Gasteiger partial charge in [-0.25, -0.2) is 0 Å². The second kappa shape index (κ2) is 9.51. The molecule has 0 atom stereocenters. The van der Waals surface area contributed by atoms with Gasteiger partial charge in [0, 0.05) is 55.9 Å². The number of likely N-dealkylation sites (N-methyl/N-ethyl adjacent to an activating group) is 1. The first kappa shape index (κ1) is 22.8. The summed E-state index contributed by atoms with van der Waals surface area (Å²) in [5.41, 5.74) is 1.68. The minimum Gasteiger partial charge on any atom is -0.361 e. The fourth-order valence-corrected chi connectivity index (χ4v) is 3.78. The first-order valence-corrected chi connectivity index (χ1v) is 10.7. The highest BCUT2D eigenvalue weighted by Crippen LogP contribution is 2.18. The highest BCUT2D eigenvalue weighted by molar-refractivity contribution is 5.90. The molecule has 1 aromatic carbocycles. The summed E-state index contributed by atoms with van der Waals surface area (Å²) in [7, 11) is 1.67. The van der Waals surface area contributed by atoms with Crippen molar-refractivity contribution in [3.8, 4) is 0 Å². The minimum absolute atomic E-state index is 0.00473. The second-order valence-corrected chi connectivity index (χ2v) is 9.24. The van der Waals surface area contributed by atoms with Crippen LogP contribution in [0.1, 0.15) is 26.3 Å². The van der Waals surface area contributed by atoms with Crippen LogP contribution in [0, 0.1) is 0 Å². The predicted octanol–water partition coefficient (Wildman–Crippen LogP) is 1.23. The number of nitrogens with one attached hydrogen (secondary N) is 2. The molecule has 3 amide bonds. The van der Waals surface area contributed by atoms with E-state index >= 15 is 0 Å². The average Bonchev–Trinajstić information content (AvgIpc) is 3.10. The smallest absolute Gasteiger partial charge is 0.242 e. The first-order chi connectivity index (χ1) is 14.6. The van der Waals surface area contributed by atoms with E-state index in [0.717, 1.165) is 16.5 Å². The maximum atomic E-state index is 12.7. The monoisotopic (exact) mass is 427 g/mol. The molecule has 0 radical (unpaired) electrons. The Balaban J connectivity index is 1.45. The fourth-order valence-electron chi connectivity index (χ4n) is 3.78. The van der Waals surface area contributed by atoms with Crippen molar-refractivity contribution in [2.24, 2.45) is 0 Å². The molecular formula is C23H33N5O3. The zero-order chi connectivity index (χ0) is 22.6. The minimum atomic E-state index is -0.251. The normalized spacial score (nSPS) is 15.2. The van der Waals surface area contributed by atoms with E-state index in [1.807, 2.05) is 51.2 Å². The van der Waals surface area contributed by atoms with Crippen molar-refractivity contribution in [2.75, 3.05) is 46.3 Å². The van der Waals surface area contributed by atoms with Crippen LogP contribution in [0.25, 0.3) is 10.9 Å². The fraction of sp³-hybridized carbons (Fsp3) is 0.522. The van der Waals surface area contributed by atoms with Crippen LogP contribution in [0.5, 0.6) is 0 Å². The van der Waals surface area contributed by atoms with E-state index in [4.69, 9.17) is 0 Å². The first-order valence-electron chi connectivity index (χ1n) is 10.7. The summed E-state index contributed by atoms with van der Waals surface area (Å²) in [4.78, 5) is 45.9. The highest BCUT2D eigenvalue weighted by Gasteiger charge is 2.25. The molecule has 1 aliphatic heterocycles. The molecule has 0 spiro atoms. The van der Waals surface area contributed by atoms with Gasteiger partial charge in [-0.3, -0.25) is 19.3 Å². The summed E-state index contributed by atoms with van der Waals surface area (Å²) in [6.07, 6.45) is 2.11. The van der Waals surface area contributed by atoms with Crippen LogP contribution in [0.4, 0.5) is 0 Å². The third-order valence-corrected chi connectivity index (χ3v) is 5.42. The van der Waals surface area contributed by atoms with Gasteiger partial charge in [0.25, 0.3) is 0 Å². The van der Waals surface area contributed by atoms with Gasteiger partial charge in [0.1, 0.15) is 0 Å². The Morgan fingerprint density at radius 2 is 1.77 bits per heavy atom. The van der Waals surface area contributed by atoms with Crippen molar-refractivity contribution in [3.05, 3.63) is 36.0 Å². The van der Waals surface area contributed by atoms with Crippen molar-refractivity contribution in [1.82, 2.24) is 25.0 Å². The molecule has 3 rings (SSSR count). The second-order valence-electron chi connectivity index (χ2n) is 9.24. The Morgan fingerprint density at radius 3 is 2.45 bits per heavy atom. The van der Waals surface area contributed by atoms with E-state index in [1.54, 1.807) is 11.9 Å². The van der Waals surface area contributed by atoms with Gasteiger partial charge in [-0.1, -0.05) is 18.2 Å². The van der Waals surface area contributed by atoms with Gasteiger partial charge >= 0.3 is 0 Å². The lowest BCUT2D eigenvalue weighted by Gasteiger charge is -2.35. The Morgan fingerprint density at radius 1 is 1.10 bits per heavy atom. The number of aromatic nitrogens is 1. The Hall–Kier alpha value is -2.87. The number of carbonyl (C=O) groups excluding carboxylic acids is 3. The quantitative estimate of drug-likeness (QED) is 0.726. The van der Waals surface area contributed by atoms with Crippen LogP contribution < -0.4 is 5.32 Å². The lowest BCUT2D eigenvalue weighted by Crippen LogP contribution is -2.54. The van der Waals surface area contributed by atoms with Crippen LogP contribution >= 0.6 is 0 Å². The average molecular weight is 428 g/mol. The molecule has 2 heterocycles. The zero-order valence-corrected chi connectivity index (χ0v) is 18.9. The lowest BCUT2D eigenvalue weighted by atomic mass is 10.1. The number of fused-ring (bicyclic) bond motifs is 1. The maximum absolute atomic E-state index is 12.7. The molecule has 1 saturated heterocycles. The maximum Gasteiger partial charge on any atom is 0.242 e. The molecule has 31 heavy (non-hydrogen) atoms. The number of rotatable bonds is 6. The van der Waals surface area contributed by atoms with Crippen LogP contribution in [0.2, 0.25) is 0 Å². The predicted molar refractivity (Wildman–Crippen MR) is 121 cm³/mol. The summed E-state index contributed by atoms with van der Waals surface area (Å²) in [6.45, 7) is 8.69. The molecule has 2 aromatic rings. The lowest BCUT2D eigenvalue weighted by molar-refractivity contribution is -0.140. The topological polar surface area (TPSA) is 88.8 Å². The van der Waals surface area contributed by atoms with Crippen LogP contribution in [-0.2, 0) is 20.8 Å². The van der Waals surface area contributed by atoms with Gasteiger partial charge in [-0.05, 0) is 32.4 Å². The summed E-state index contributed by atoms with van der Waals surface area (Å²) in [6, 6.07) is 7.86. The summed E-state index contributed by atoms with van der Waals surface area (Å²) in [5.74, 6) is -0.154. The Bertz CT molecular complexity index is 938. The van der Waals surface area contributed by atoms with E-state index in [0.29, 0.717) is 32.7 Å². The Labute approximate surface area is 183 Å². The third-order valence-electron chi connectivity index (χ3n) is 5.42. The standard InChI is InChI=1S/C23H33N5O3/c1-23(2,3)25-20(29)15-27-9-11-28(12-10-27)22(31)16-26(4)21(30)13-17-14-24-19-8-6-5-7-18(17)19/h5-8,14,24H,9-13,15-16H2,1-4H3,(H,25,29). The molecule has 1 aromatic heterocycles. The number of hydrogen-bond donors (Lipinski definition) is 2. The number of H-pyrrole nitrogens is 1. The van der Waals surface area contributed by atoms with Gasteiger partial charge in [-0.15, -0.1) is 0 Å². The summed E-state index contributed by atoms with van der Waals surface area (Å²) >= 11 is 0. The number of para-hydroxylation sites is 1. The zero-order valence-electron chi connectivity index (χ0n) is 18.9. The van der Waals surface area contributed by atoms with E-state index in [9.17, 15) is 14.4 Å². The molecule has 0 aliphatic carbocycles. The molecule has 0 bridgehead atoms. The number of benzene rings is 1. The number of hydrogen-bond acceptors (Lipinski definition) is 4. The van der Waals surface area contributed by atoms with E-state index in [-0.39, 0.29) is 36.2 Å². The third kappa shape index (κ3) is 6.30. The SMILES string of the molecule is CN(CC(=O)N1CCN(CC(=O)NC(C)(C)C)CC1)C(=O)Cc1c[nH]c2ccccc12. The molecule has 0 saturated carbocycles. The van der Waals surface area contributed by atoms with Crippen molar-refractivity contribution < 1.29 is 14.4 Å². The van der Waals surface area contributed by atoms with Gasteiger partial charge < -0.3 is 20.1 Å². The molecule has 1 fully saturated rings. The van der Waals surface area contributed by atoms with Crippen molar-refractivity contribution in [3.63, 3.8) is 0 Å². The van der Waals surface area contributed by atoms with Crippen LogP contribution in [0.15, 0.2) is 30.5 Å². The van der Waals surface area contributed by atoms with Gasteiger partial charge in [0.15, 0.2) is 0 Å². The van der Waals surface area contributed by atoms with Gasteiger partial charge in [0.2, 0.25) is 17.7 Å². The van der Waals surface area contributed by atoms with E-state index < -0.39 is 0 Å². The number of amides is 3. The summed E-state index contributed by atoms with van der Waals surface area (Å²) < 4.78 is 0. The number of nitrogens with zero attached hydrogens (tertiary/aromatic N) is 3. The molecule has 1 aliphatic rings. The molecule has 8 heteroatoms. The van der Waals surface area contributed by atoms with Crippen molar-refractivity contribution in [2.45, 2.75) is 32.7 Å². The molecule has 0 unspecified atom stereocenters. The van der Waals surface area contributed by atoms with Crippen molar-refractivity contribution >= 4 is 28.6 Å². The molecule has 2 N–H and O–H groups in total. The largest absolute Gasteiger partial charge is 0.361 e. The van der Waals surface area contributed by atoms with Crippen molar-refractivity contribution in [1.29, 1.82) is 0 Å². The number of carbonyl (C=O) groups is 3. The van der Waals surface area contributed by atoms with Crippen LogP contribution in [0.3, 0.4) is 0 Å². The number of piperazine rings is 1. The Kier molecular flexibility index (Phi) is 7.00. The highest BCUT2D eigenvalue weighted by atomic mass is 16.2. The summed E-state index contributed by atoms with van der Waals surface area (Å²) in [5, 5.41) is 3.99. The molecular weight excluding hydrogens is 394 g/mol. The number of aromatic amines is 1. The van der Waals surface area contributed by atoms with E-state index in [1.165, 1.54) is 4.90 Å².